The van der Waals surface area contributed by atoms with Crippen molar-refractivity contribution in [3.05, 3.63) is 467 Å². The van der Waals surface area contributed by atoms with Crippen molar-refractivity contribution in [3.8, 4) is 22.3 Å². The summed E-state index contributed by atoms with van der Waals surface area (Å²) < 4.78 is 0. The summed E-state index contributed by atoms with van der Waals surface area (Å²) >= 11 is 0. The van der Waals surface area contributed by atoms with Crippen molar-refractivity contribution in [2.45, 2.75) is 49.4 Å². The van der Waals surface area contributed by atoms with E-state index in [2.05, 4.69) is 448 Å². The maximum Gasteiger partial charge on any atom is 0.0742 e. The topological polar surface area (TPSA) is 13.0 Å². The highest BCUT2D eigenvalue weighted by Gasteiger charge is 2.51. The number of rotatable bonds is 12. The highest BCUT2D eigenvalue weighted by Crippen LogP contribution is 2.64. The zero-order valence-electron chi connectivity index (χ0n) is 61.9. The molecule has 0 bridgehead atoms. The minimum atomic E-state index is -0.743. The second-order valence-electron chi connectivity index (χ2n) is 31.1. The Bertz CT molecular complexity index is 5980. The first-order valence-electron chi connectivity index (χ1n) is 38.5. The molecule has 0 N–H and O–H groups in total. The number of anilines is 12. The Morgan fingerprint density at radius 1 is 0.191 bits per heavy atom. The van der Waals surface area contributed by atoms with Crippen molar-refractivity contribution >= 4 is 89.8 Å². The third-order valence-corrected chi connectivity index (χ3v) is 24.7. The summed E-state index contributed by atoms with van der Waals surface area (Å²) in [5.41, 5.74) is 31.7. The van der Waals surface area contributed by atoms with Crippen molar-refractivity contribution in [2.24, 2.45) is 0 Å². The van der Waals surface area contributed by atoms with E-state index in [9.17, 15) is 0 Å². The second-order valence-corrected chi connectivity index (χ2v) is 31.1. The van der Waals surface area contributed by atoms with Gasteiger partial charge in [0.1, 0.15) is 0 Å². The van der Waals surface area contributed by atoms with Crippen LogP contribution in [0.15, 0.2) is 400 Å². The number of para-hydroxylation sites is 6. The Balaban J connectivity index is 0.727. The Morgan fingerprint density at radius 3 is 0.836 bits per heavy atom. The molecule has 110 heavy (non-hydrogen) atoms. The van der Waals surface area contributed by atoms with Gasteiger partial charge in [0.15, 0.2) is 0 Å². The van der Waals surface area contributed by atoms with Gasteiger partial charge in [-0.05, 0) is 256 Å². The molecule has 4 aliphatic rings. The molecule has 2 unspecified atom stereocenters. The fourth-order valence-corrected chi connectivity index (χ4v) is 19.6. The molecule has 17 aromatic carbocycles. The Labute approximate surface area is 644 Å². The summed E-state index contributed by atoms with van der Waals surface area (Å²) in [5, 5.41) is 4.70. The summed E-state index contributed by atoms with van der Waals surface area (Å²) in [6.07, 6.45) is 0. The van der Waals surface area contributed by atoms with Crippen molar-refractivity contribution in [1.82, 2.24) is 0 Å². The molecule has 2 aliphatic carbocycles. The fourth-order valence-electron chi connectivity index (χ4n) is 19.6. The van der Waals surface area contributed by atoms with Gasteiger partial charge in [-0.2, -0.15) is 0 Å². The number of benzene rings is 17. The van der Waals surface area contributed by atoms with Gasteiger partial charge in [-0.25, -0.2) is 0 Å². The molecule has 0 aromatic heterocycles. The lowest BCUT2D eigenvalue weighted by molar-refractivity contribution is 0.658. The van der Waals surface area contributed by atoms with E-state index in [-0.39, 0.29) is 10.8 Å². The summed E-state index contributed by atoms with van der Waals surface area (Å²) in [5.74, 6) is 0. The van der Waals surface area contributed by atoms with Crippen molar-refractivity contribution in [3.63, 3.8) is 0 Å². The second kappa shape index (κ2) is 25.0. The summed E-state index contributed by atoms with van der Waals surface area (Å²) in [6.45, 7) is 9.63. The van der Waals surface area contributed by atoms with Crippen LogP contribution in [0.4, 0.5) is 68.2 Å². The van der Waals surface area contributed by atoms with E-state index in [4.69, 9.17) is 0 Å². The first-order valence-corrected chi connectivity index (χ1v) is 38.5. The number of fused-ring (bicyclic) bond motifs is 12. The largest absolute Gasteiger partial charge is 0.311 e. The number of nitrogens with zero attached hydrogens (tertiary/aromatic N) is 4. The molecule has 2 aliphatic heterocycles. The first kappa shape index (κ1) is 64.8. The first-order chi connectivity index (χ1) is 54.1. The number of hydrogen-bond donors (Lipinski definition) is 0. The van der Waals surface area contributed by atoms with Gasteiger partial charge in [0, 0.05) is 56.3 Å². The Hall–Kier alpha value is -13.5. The molecule has 522 valence electrons. The predicted molar refractivity (Wildman–Crippen MR) is 459 cm³/mol. The maximum absolute atomic E-state index is 2.58. The minimum Gasteiger partial charge on any atom is -0.311 e. The van der Waals surface area contributed by atoms with E-state index >= 15 is 0 Å². The third-order valence-electron chi connectivity index (χ3n) is 24.7. The van der Waals surface area contributed by atoms with Crippen LogP contribution in [0, 0.1) is 0 Å². The smallest absolute Gasteiger partial charge is 0.0742 e. The normalized spacial score (nSPS) is 16.4. The zero-order chi connectivity index (χ0) is 73.5. The van der Waals surface area contributed by atoms with Crippen LogP contribution in [-0.2, 0) is 21.7 Å². The summed E-state index contributed by atoms with van der Waals surface area (Å²) in [7, 11) is 0. The van der Waals surface area contributed by atoms with Crippen LogP contribution in [0.1, 0.15) is 94.5 Å². The molecule has 2 atom stereocenters. The van der Waals surface area contributed by atoms with E-state index in [0.29, 0.717) is 0 Å². The minimum absolute atomic E-state index is 0.257. The molecule has 4 heteroatoms. The van der Waals surface area contributed by atoms with E-state index < -0.39 is 10.8 Å². The van der Waals surface area contributed by atoms with Crippen molar-refractivity contribution in [2.75, 3.05) is 19.6 Å². The van der Waals surface area contributed by atoms with Gasteiger partial charge in [-0.3, -0.25) is 0 Å². The van der Waals surface area contributed by atoms with Crippen LogP contribution in [0.5, 0.6) is 0 Å². The van der Waals surface area contributed by atoms with Crippen LogP contribution >= 0.6 is 0 Å². The summed E-state index contributed by atoms with van der Waals surface area (Å²) in [4.78, 5) is 9.87. The van der Waals surface area contributed by atoms with Gasteiger partial charge < -0.3 is 19.6 Å². The van der Waals surface area contributed by atoms with E-state index in [1.807, 2.05) is 0 Å². The Kier molecular flexibility index (Phi) is 14.7. The van der Waals surface area contributed by atoms with E-state index in [0.717, 1.165) is 56.9 Å². The maximum atomic E-state index is 2.58. The van der Waals surface area contributed by atoms with Crippen molar-refractivity contribution < 1.29 is 0 Å². The zero-order valence-corrected chi connectivity index (χ0v) is 61.9. The lowest BCUT2D eigenvalue weighted by Gasteiger charge is -2.47. The third kappa shape index (κ3) is 9.65. The van der Waals surface area contributed by atoms with Gasteiger partial charge in [-0.1, -0.05) is 282 Å². The van der Waals surface area contributed by atoms with Gasteiger partial charge in [-0.15, -0.1) is 0 Å². The highest BCUT2D eigenvalue weighted by molar-refractivity contribution is 6.04. The summed E-state index contributed by atoms with van der Waals surface area (Å²) in [6, 6.07) is 150. The predicted octanol–water partition coefficient (Wildman–Crippen LogP) is 27.9. The van der Waals surface area contributed by atoms with Gasteiger partial charge >= 0.3 is 0 Å². The lowest BCUT2D eigenvalue weighted by atomic mass is 9.61. The molecule has 2 heterocycles. The standard InChI is InChI=1S/C106H78N4/c1-103(2)91-45-25-23-43-87(91)89-67-97-101(69-95(89)103)109(99-49-29-27-47-93(99)105(97,75-31-11-5-12-32-75)77-53-59-83(60-54-77)107(79-35-15-7-16-36-79)80-37-17-8-18-38-80)85-57-51-71-64-74-66-86(58-52-72(74)63-73(71)65-85)110-100-50-30-28-48-94(100)106(76-33-13-6-14-34-76,98-68-90-88-44-24-26-46-92(88)104(3,4)96(90)70-102(98)110)78-55-61-84(62-56-78)108(81-39-19-9-20-40-81)82-41-21-10-22-42-82/h5-70H,1-4H3. The van der Waals surface area contributed by atoms with Crippen LogP contribution in [-0.4, -0.2) is 0 Å². The monoisotopic (exact) mass is 1410 g/mol. The molecule has 0 amide bonds. The molecule has 21 rings (SSSR count). The highest BCUT2D eigenvalue weighted by atomic mass is 15.2. The molecule has 17 aromatic rings. The Morgan fingerprint density at radius 2 is 0.482 bits per heavy atom. The van der Waals surface area contributed by atoms with Gasteiger partial charge in [0.25, 0.3) is 0 Å². The quantitative estimate of drug-likeness (QED) is 0.113. The molecule has 0 saturated heterocycles. The van der Waals surface area contributed by atoms with Crippen molar-refractivity contribution in [1.29, 1.82) is 0 Å². The van der Waals surface area contributed by atoms with Crippen LogP contribution < -0.4 is 19.6 Å². The van der Waals surface area contributed by atoms with Gasteiger partial charge in [0.2, 0.25) is 0 Å². The molecule has 0 spiro atoms. The van der Waals surface area contributed by atoms with Crippen LogP contribution in [0.3, 0.4) is 0 Å². The lowest BCUT2D eigenvalue weighted by Crippen LogP contribution is -2.38. The average Bonchev–Trinajstić information content (AvgIpc) is 1.27. The van der Waals surface area contributed by atoms with E-state index in [1.165, 1.54) is 122 Å². The van der Waals surface area contributed by atoms with Crippen LogP contribution in [0.2, 0.25) is 0 Å². The molecular formula is C106H78N4. The number of hydrogen-bond acceptors (Lipinski definition) is 4. The SMILES string of the molecule is CC1(C)c2ccccc2-c2cc3c(cc21)N(c1ccc2cc4cc(N5c6ccccc6C(c6ccccc6)(c6ccc(N(c7ccccc7)c7ccccc7)cc6)c6cc7c(cc65)C(C)(C)c5ccccc5-7)ccc4cc2c1)c1ccccc1C3(c1ccccc1)c1ccc(N(c2ccccc2)c2ccccc2)cc1. The molecule has 0 saturated carbocycles. The molecular weight excluding hydrogens is 1330 g/mol. The molecule has 0 fully saturated rings. The average molecular weight is 1410 g/mol. The van der Waals surface area contributed by atoms with E-state index in [1.54, 1.807) is 0 Å². The van der Waals surface area contributed by atoms with Crippen LogP contribution in [0.25, 0.3) is 43.8 Å². The van der Waals surface area contributed by atoms with Gasteiger partial charge in [0.05, 0.1) is 33.6 Å². The molecule has 4 nitrogen and oxygen atoms in total. The molecule has 0 radical (unpaired) electrons. The fraction of sp³-hybridized carbons (Fsp3) is 0.0755.